The highest BCUT2D eigenvalue weighted by Gasteiger charge is 2.18. The smallest absolute Gasteiger partial charge is 0.0520 e. The minimum Gasteiger partial charge on any atom is -0.383 e. The van der Waals surface area contributed by atoms with Gasteiger partial charge in [-0.1, -0.05) is 19.1 Å². The van der Waals surface area contributed by atoms with E-state index in [2.05, 4.69) is 46.4 Å². The van der Waals surface area contributed by atoms with Gasteiger partial charge in [-0.2, -0.15) is 0 Å². The van der Waals surface area contributed by atoms with Crippen LogP contribution in [0.25, 0.3) is 0 Å². The first-order valence-corrected chi connectivity index (χ1v) is 4.60. The molecule has 0 radical (unpaired) electrons. The Labute approximate surface area is 74.9 Å². The van der Waals surface area contributed by atoms with E-state index >= 15 is 0 Å². The average Bonchev–Trinajstić information content (AvgIpc) is 2.35. The molecule has 1 aliphatic rings. The predicted molar refractivity (Wildman–Crippen MR) is 51.0 cm³/mol. The van der Waals surface area contributed by atoms with Crippen molar-refractivity contribution in [2.75, 3.05) is 11.9 Å². The third kappa shape index (κ3) is 1.06. The van der Waals surface area contributed by atoms with E-state index in [1.54, 1.807) is 0 Å². The standard InChI is InChI=1S/C9H10BrN/c1-6-5-11-9-7(6)3-2-4-8(9)10/h2-4,6,11H,5H2,1H3. The summed E-state index contributed by atoms with van der Waals surface area (Å²) in [5.41, 5.74) is 2.71. The molecule has 0 aliphatic carbocycles. The third-order valence-corrected chi connectivity index (χ3v) is 2.82. The lowest BCUT2D eigenvalue weighted by Crippen LogP contribution is -1.96. The molecular weight excluding hydrogens is 202 g/mol. The van der Waals surface area contributed by atoms with Crippen LogP contribution >= 0.6 is 15.9 Å². The molecule has 1 aromatic rings. The van der Waals surface area contributed by atoms with Crippen LogP contribution in [0, 0.1) is 0 Å². The summed E-state index contributed by atoms with van der Waals surface area (Å²) in [6.45, 7) is 3.31. The van der Waals surface area contributed by atoms with Gasteiger partial charge >= 0.3 is 0 Å². The van der Waals surface area contributed by atoms with E-state index in [-0.39, 0.29) is 0 Å². The van der Waals surface area contributed by atoms with E-state index in [9.17, 15) is 0 Å². The van der Waals surface area contributed by atoms with Crippen molar-refractivity contribution >= 4 is 21.6 Å². The maximum atomic E-state index is 3.51. The quantitative estimate of drug-likeness (QED) is 0.697. The van der Waals surface area contributed by atoms with E-state index in [1.807, 2.05) is 0 Å². The Hall–Kier alpha value is -0.500. The van der Waals surface area contributed by atoms with Crippen molar-refractivity contribution in [1.82, 2.24) is 0 Å². The van der Waals surface area contributed by atoms with Gasteiger partial charge in [0.15, 0.2) is 0 Å². The Bertz CT molecular complexity index is 283. The van der Waals surface area contributed by atoms with Gasteiger partial charge in [0, 0.05) is 16.9 Å². The molecule has 1 N–H and O–H groups in total. The van der Waals surface area contributed by atoms with E-state index in [0.717, 1.165) is 6.54 Å². The number of hydrogen-bond acceptors (Lipinski definition) is 1. The Morgan fingerprint density at radius 1 is 1.55 bits per heavy atom. The Morgan fingerprint density at radius 2 is 2.36 bits per heavy atom. The Balaban J connectivity index is 2.57. The second-order valence-corrected chi connectivity index (χ2v) is 3.84. The number of anilines is 1. The van der Waals surface area contributed by atoms with Gasteiger partial charge in [0.05, 0.1) is 5.69 Å². The van der Waals surface area contributed by atoms with Crippen molar-refractivity contribution in [2.24, 2.45) is 0 Å². The summed E-state index contributed by atoms with van der Waals surface area (Å²) in [4.78, 5) is 0. The van der Waals surface area contributed by atoms with E-state index in [0.29, 0.717) is 5.92 Å². The van der Waals surface area contributed by atoms with Crippen LogP contribution in [0.2, 0.25) is 0 Å². The van der Waals surface area contributed by atoms with Crippen LogP contribution in [-0.4, -0.2) is 6.54 Å². The molecule has 2 heteroatoms. The normalized spacial score (nSPS) is 21.1. The highest BCUT2D eigenvalue weighted by molar-refractivity contribution is 9.10. The lowest BCUT2D eigenvalue weighted by Gasteiger charge is -2.02. The monoisotopic (exact) mass is 211 g/mol. The molecule has 1 nitrogen and oxygen atoms in total. The summed E-state index contributed by atoms with van der Waals surface area (Å²) in [7, 11) is 0. The van der Waals surface area contributed by atoms with Gasteiger partial charge in [0.25, 0.3) is 0 Å². The molecule has 1 aliphatic heterocycles. The van der Waals surface area contributed by atoms with Gasteiger partial charge in [-0.25, -0.2) is 0 Å². The third-order valence-electron chi connectivity index (χ3n) is 2.16. The maximum absolute atomic E-state index is 3.51. The first kappa shape index (κ1) is 7.17. The first-order valence-electron chi connectivity index (χ1n) is 3.81. The first-order chi connectivity index (χ1) is 5.29. The van der Waals surface area contributed by atoms with Crippen molar-refractivity contribution in [3.05, 3.63) is 28.2 Å². The molecule has 0 spiro atoms. The SMILES string of the molecule is CC1CNc2c(Br)cccc21. The molecule has 1 atom stereocenters. The number of rotatable bonds is 0. The summed E-state index contributed by atoms with van der Waals surface area (Å²) >= 11 is 3.51. The van der Waals surface area contributed by atoms with Crippen LogP contribution in [0.3, 0.4) is 0 Å². The number of para-hydroxylation sites is 1. The van der Waals surface area contributed by atoms with Crippen LogP contribution in [0.15, 0.2) is 22.7 Å². The van der Waals surface area contributed by atoms with E-state index in [1.165, 1.54) is 15.7 Å². The summed E-state index contributed by atoms with van der Waals surface area (Å²) in [6, 6.07) is 6.35. The fraction of sp³-hybridized carbons (Fsp3) is 0.333. The molecule has 0 amide bonds. The van der Waals surface area contributed by atoms with Crippen LogP contribution in [-0.2, 0) is 0 Å². The number of benzene rings is 1. The van der Waals surface area contributed by atoms with Crippen LogP contribution in [0.4, 0.5) is 5.69 Å². The lowest BCUT2D eigenvalue weighted by molar-refractivity contribution is 0.854. The molecule has 11 heavy (non-hydrogen) atoms. The van der Waals surface area contributed by atoms with Crippen molar-refractivity contribution in [3.8, 4) is 0 Å². The number of nitrogens with one attached hydrogen (secondary N) is 1. The van der Waals surface area contributed by atoms with Gasteiger partial charge in [-0.15, -0.1) is 0 Å². The fourth-order valence-electron chi connectivity index (χ4n) is 1.50. The molecule has 0 bridgehead atoms. The Morgan fingerprint density at radius 3 is 3.09 bits per heavy atom. The molecular formula is C9H10BrN. The molecule has 1 heterocycles. The molecule has 0 aromatic heterocycles. The highest BCUT2D eigenvalue weighted by atomic mass is 79.9. The van der Waals surface area contributed by atoms with Crippen molar-refractivity contribution < 1.29 is 0 Å². The molecule has 1 unspecified atom stereocenters. The van der Waals surface area contributed by atoms with Crippen molar-refractivity contribution in [2.45, 2.75) is 12.8 Å². The van der Waals surface area contributed by atoms with Gasteiger partial charge in [0.1, 0.15) is 0 Å². The van der Waals surface area contributed by atoms with Crippen LogP contribution in [0.1, 0.15) is 18.4 Å². The largest absolute Gasteiger partial charge is 0.383 e. The number of halogens is 1. The van der Waals surface area contributed by atoms with Crippen LogP contribution in [0.5, 0.6) is 0 Å². The second kappa shape index (κ2) is 2.52. The minimum absolute atomic E-state index is 0.655. The highest BCUT2D eigenvalue weighted by Crippen LogP contribution is 2.36. The van der Waals surface area contributed by atoms with Gasteiger partial charge in [0.2, 0.25) is 0 Å². The summed E-state index contributed by atoms with van der Waals surface area (Å²) in [5.74, 6) is 0.655. The minimum atomic E-state index is 0.655. The van der Waals surface area contributed by atoms with Gasteiger partial charge in [-0.05, 0) is 27.6 Å². The van der Waals surface area contributed by atoms with E-state index < -0.39 is 0 Å². The zero-order valence-electron chi connectivity index (χ0n) is 6.39. The fourth-order valence-corrected chi connectivity index (χ4v) is 2.02. The molecule has 2 rings (SSSR count). The second-order valence-electron chi connectivity index (χ2n) is 2.99. The molecule has 0 saturated heterocycles. The van der Waals surface area contributed by atoms with Gasteiger partial charge in [-0.3, -0.25) is 0 Å². The van der Waals surface area contributed by atoms with Gasteiger partial charge < -0.3 is 5.32 Å². The maximum Gasteiger partial charge on any atom is 0.0520 e. The predicted octanol–water partition coefficient (Wildman–Crippen LogP) is 2.98. The summed E-state index contributed by atoms with van der Waals surface area (Å²) in [6.07, 6.45) is 0. The summed E-state index contributed by atoms with van der Waals surface area (Å²) < 4.78 is 1.18. The number of hydrogen-bond donors (Lipinski definition) is 1. The van der Waals surface area contributed by atoms with E-state index in [4.69, 9.17) is 0 Å². The van der Waals surface area contributed by atoms with Crippen molar-refractivity contribution in [1.29, 1.82) is 0 Å². The average molecular weight is 212 g/mol. The summed E-state index contributed by atoms with van der Waals surface area (Å²) in [5, 5.41) is 3.37. The zero-order valence-corrected chi connectivity index (χ0v) is 7.98. The Kier molecular flexibility index (Phi) is 1.64. The molecule has 1 aromatic carbocycles. The number of fused-ring (bicyclic) bond motifs is 1. The van der Waals surface area contributed by atoms with Crippen LogP contribution < -0.4 is 5.32 Å². The van der Waals surface area contributed by atoms with Crippen molar-refractivity contribution in [3.63, 3.8) is 0 Å². The lowest BCUT2D eigenvalue weighted by atomic mass is 10.0. The topological polar surface area (TPSA) is 12.0 Å². The molecule has 0 fully saturated rings. The zero-order chi connectivity index (χ0) is 7.84. The molecule has 58 valence electrons. The molecule has 0 saturated carbocycles.